The maximum atomic E-state index is 5.31. The van der Waals surface area contributed by atoms with Crippen LogP contribution in [0.2, 0.25) is 0 Å². The van der Waals surface area contributed by atoms with Crippen molar-refractivity contribution in [2.75, 3.05) is 14.2 Å². The summed E-state index contributed by atoms with van der Waals surface area (Å²) in [4.78, 5) is 13.0. The van der Waals surface area contributed by atoms with Crippen LogP contribution in [0.5, 0.6) is 11.5 Å². The Morgan fingerprint density at radius 2 is 1.70 bits per heavy atom. The maximum Gasteiger partial charge on any atom is 0.235 e. The highest BCUT2D eigenvalue weighted by Crippen LogP contribution is 2.32. The standard InChI is InChI=1S/C14H14N4O2.C3H8/c1-9-10-6-12(19-2)13(20-3)7-11(10)17-14(16-9)18-5-4-15-8-18;1-3-2/h4-8H,1-3H3;3H2,1-2H3. The minimum atomic E-state index is 0.583. The second-order valence-electron chi connectivity index (χ2n) is 5.01. The van der Waals surface area contributed by atoms with Crippen LogP contribution in [0.15, 0.2) is 30.9 Å². The van der Waals surface area contributed by atoms with Crippen LogP contribution in [0.4, 0.5) is 0 Å². The molecule has 0 saturated heterocycles. The van der Waals surface area contributed by atoms with Crippen molar-refractivity contribution in [3.8, 4) is 17.4 Å². The molecule has 0 radical (unpaired) electrons. The van der Waals surface area contributed by atoms with Gasteiger partial charge in [0, 0.05) is 23.8 Å². The zero-order valence-corrected chi connectivity index (χ0v) is 14.2. The Labute approximate surface area is 136 Å². The number of benzene rings is 1. The molecule has 0 atom stereocenters. The van der Waals surface area contributed by atoms with E-state index in [1.165, 1.54) is 6.42 Å². The Balaban J connectivity index is 0.000000595. The van der Waals surface area contributed by atoms with Crippen molar-refractivity contribution in [2.24, 2.45) is 0 Å². The first kappa shape index (κ1) is 16.7. The topological polar surface area (TPSA) is 62.1 Å². The maximum absolute atomic E-state index is 5.31. The van der Waals surface area contributed by atoms with Crippen molar-refractivity contribution < 1.29 is 9.47 Å². The van der Waals surface area contributed by atoms with E-state index in [4.69, 9.17) is 9.47 Å². The summed E-state index contributed by atoms with van der Waals surface area (Å²) in [7, 11) is 3.22. The minimum Gasteiger partial charge on any atom is -0.493 e. The quantitative estimate of drug-likeness (QED) is 0.739. The number of aryl methyl sites for hydroxylation is 1. The van der Waals surface area contributed by atoms with Crippen molar-refractivity contribution in [3.63, 3.8) is 0 Å². The van der Waals surface area contributed by atoms with Crippen LogP contribution in [0.25, 0.3) is 16.9 Å². The van der Waals surface area contributed by atoms with Crippen molar-refractivity contribution in [3.05, 3.63) is 36.5 Å². The Bertz CT molecular complexity index is 770. The molecule has 0 bridgehead atoms. The number of fused-ring (bicyclic) bond motifs is 1. The van der Waals surface area contributed by atoms with Crippen LogP contribution in [-0.2, 0) is 0 Å². The monoisotopic (exact) mass is 314 g/mol. The molecule has 0 unspecified atom stereocenters. The molecule has 2 aromatic heterocycles. The van der Waals surface area contributed by atoms with Gasteiger partial charge in [0.2, 0.25) is 5.95 Å². The van der Waals surface area contributed by atoms with Crippen molar-refractivity contribution in [2.45, 2.75) is 27.2 Å². The van der Waals surface area contributed by atoms with Gasteiger partial charge in [-0.1, -0.05) is 20.3 Å². The fraction of sp³-hybridized carbons (Fsp3) is 0.353. The first-order chi connectivity index (χ1) is 11.1. The number of rotatable bonds is 3. The highest BCUT2D eigenvalue weighted by atomic mass is 16.5. The van der Waals surface area contributed by atoms with Crippen LogP contribution in [0.3, 0.4) is 0 Å². The van der Waals surface area contributed by atoms with Gasteiger partial charge in [-0.3, -0.25) is 4.57 Å². The predicted octanol–water partition coefficient (Wildman–Crippen LogP) is 3.56. The fourth-order valence-corrected chi connectivity index (χ4v) is 2.09. The molecule has 1 aromatic carbocycles. The van der Waals surface area contributed by atoms with E-state index in [2.05, 4.69) is 28.8 Å². The van der Waals surface area contributed by atoms with Gasteiger partial charge in [-0.2, -0.15) is 0 Å². The lowest BCUT2D eigenvalue weighted by atomic mass is 10.1. The summed E-state index contributed by atoms with van der Waals surface area (Å²) in [5.74, 6) is 1.90. The first-order valence-corrected chi connectivity index (χ1v) is 7.53. The van der Waals surface area contributed by atoms with E-state index < -0.39 is 0 Å². The first-order valence-electron chi connectivity index (χ1n) is 7.53. The van der Waals surface area contributed by atoms with Crippen LogP contribution in [-0.4, -0.2) is 33.7 Å². The number of nitrogens with zero attached hydrogens (tertiary/aromatic N) is 4. The molecular weight excluding hydrogens is 292 g/mol. The smallest absolute Gasteiger partial charge is 0.235 e. The lowest BCUT2D eigenvalue weighted by Gasteiger charge is -2.11. The van der Waals surface area contributed by atoms with E-state index >= 15 is 0 Å². The van der Waals surface area contributed by atoms with E-state index in [-0.39, 0.29) is 0 Å². The SMILES string of the molecule is CCC.COc1cc2nc(-n3ccnc3)nc(C)c2cc1OC. The summed E-state index contributed by atoms with van der Waals surface area (Å²) in [5.41, 5.74) is 1.68. The van der Waals surface area contributed by atoms with Crippen LogP contribution in [0, 0.1) is 6.92 Å². The Hall–Kier alpha value is -2.63. The third-order valence-corrected chi connectivity index (χ3v) is 3.12. The van der Waals surface area contributed by atoms with E-state index in [0.717, 1.165) is 16.6 Å². The average molecular weight is 314 g/mol. The molecule has 0 saturated carbocycles. The van der Waals surface area contributed by atoms with Gasteiger partial charge in [-0.05, 0) is 13.0 Å². The molecule has 23 heavy (non-hydrogen) atoms. The van der Waals surface area contributed by atoms with Gasteiger partial charge in [-0.25, -0.2) is 15.0 Å². The molecule has 6 nitrogen and oxygen atoms in total. The zero-order chi connectivity index (χ0) is 16.8. The molecule has 6 heteroatoms. The molecule has 0 fully saturated rings. The lowest BCUT2D eigenvalue weighted by molar-refractivity contribution is 0.355. The molecule has 2 heterocycles. The summed E-state index contributed by atoms with van der Waals surface area (Å²) in [6.45, 7) is 6.19. The van der Waals surface area contributed by atoms with E-state index in [1.807, 2.05) is 19.1 Å². The average Bonchev–Trinajstić information content (AvgIpc) is 3.09. The van der Waals surface area contributed by atoms with Gasteiger partial charge in [0.05, 0.1) is 25.4 Å². The van der Waals surface area contributed by atoms with Crippen LogP contribution >= 0.6 is 0 Å². The second kappa shape index (κ2) is 7.58. The Morgan fingerprint density at radius 1 is 1.04 bits per heavy atom. The lowest BCUT2D eigenvalue weighted by Crippen LogP contribution is -2.02. The molecule has 0 aliphatic rings. The number of hydrogen-bond acceptors (Lipinski definition) is 5. The van der Waals surface area contributed by atoms with Crippen molar-refractivity contribution in [1.29, 1.82) is 0 Å². The van der Waals surface area contributed by atoms with Crippen molar-refractivity contribution in [1.82, 2.24) is 19.5 Å². The summed E-state index contributed by atoms with van der Waals surface area (Å²) in [6, 6.07) is 3.74. The van der Waals surface area contributed by atoms with Gasteiger partial charge in [-0.15, -0.1) is 0 Å². The second-order valence-corrected chi connectivity index (χ2v) is 5.01. The molecule has 122 valence electrons. The summed E-state index contributed by atoms with van der Waals surface area (Å²) in [6.07, 6.45) is 6.42. The largest absolute Gasteiger partial charge is 0.493 e. The Kier molecular flexibility index (Phi) is 5.51. The Morgan fingerprint density at radius 3 is 2.26 bits per heavy atom. The number of aromatic nitrogens is 4. The van der Waals surface area contributed by atoms with Gasteiger partial charge >= 0.3 is 0 Å². The number of imidazole rings is 1. The van der Waals surface area contributed by atoms with E-state index in [9.17, 15) is 0 Å². The molecule has 0 amide bonds. The molecule has 0 spiro atoms. The van der Waals surface area contributed by atoms with Crippen LogP contribution in [0.1, 0.15) is 26.0 Å². The number of ether oxygens (including phenoxy) is 2. The third kappa shape index (κ3) is 3.59. The van der Waals surface area contributed by atoms with E-state index in [1.54, 1.807) is 37.5 Å². The number of methoxy groups -OCH3 is 2. The molecule has 0 aliphatic carbocycles. The highest BCUT2D eigenvalue weighted by molar-refractivity contribution is 5.85. The summed E-state index contributed by atoms with van der Waals surface area (Å²) >= 11 is 0. The van der Waals surface area contributed by atoms with Crippen molar-refractivity contribution >= 4 is 10.9 Å². The van der Waals surface area contributed by atoms with Gasteiger partial charge in [0.1, 0.15) is 6.33 Å². The zero-order valence-electron chi connectivity index (χ0n) is 14.2. The van der Waals surface area contributed by atoms with E-state index in [0.29, 0.717) is 17.4 Å². The number of hydrogen-bond donors (Lipinski definition) is 0. The molecular formula is C17H22N4O2. The summed E-state index contributed by atoms with van der Waals surface area (Å²) < 4.78 is 12.4. The molecule has 3 aromatic rings. The highest BCUT2D eigenvalue weighted by Gasteiger charge is 2.11. The van der Waals surface area contributed by atoms with Gasteiger partial charge in [0.25, 0.3) is 0 Å². The summed E-state index contributed by atoms with van der Waals surface area (Å²) in [5, 5.41) is 0.937. The molecule has 0 N–H and O–H groups in total. The van der Waals surface area contributed by atoms with Gasteiger partial charge < -0.3 is 9.47 Å². The minimum absolute atomic E-state index is 0.583. The molecule has 3 rings (SSSR count). The van der Waals surface area contributed by atoms with Gasteiger partial charge in [0.15, 0.2) is 11.5 Å². The fourth-order valence-electron chi connectivity index (χ4n) is 2.09. The predicted molar refractivity (Wildman–Crippen MR) is 90.5 cm³/mol. The third-order valence-electron chi connectivity index (χ3n) is 3.12. The van der Waals surface area contributed by atoms with Crippen LogP contribution < -0.4 is 9.47 Å². The normalized spacial score (nSPS) is 10.1. The molecule has 0 aliphatic heterocycles.